The van der Waals surface area contributed by atoms with Gasteiger partial charge in [-0.25, -0.2) is 0 Å². The number of aryl methyl sites for hydroxylation is 3. The Bertz CT molecular complexity index is 1270. The zero-order valence-corrected chi connectivity index (χ0v) is 20.2. The number of hydrogen-bond donors (Lipinski definition) is 0. The van der Waals surface area contributed by atoms with Crippen LogP contribution in [-0.2, 0) is 5.41 Å². The van der Waals surface area contributed by atoms with E-state index in [1.807, 2.05) is 0 Å². The third-order valence-electron chi connectivity index (χ3n) is 5.88. The number of hydrogen-bond acceptors (Lipinski definition) is 2. The summed E-state index contributed by atoms with van der Waals surface area (Å²) in [6.45, 7) is 13.4. The van der Waals surface area contributed by atoms with Gasteiger partial charge >= 0.3 is 185 Å². The summed E-state index contributed by atoms with van der Waals surface area (Å²) < 4.78 is 9.27. The fourth-order valence-electron chi connectivity index (χ4n) is 4.33. The fourth-order valence-corrected chi connectivity index (χ4v) is 6.68. The number of rotatable bonds is 1. The van der Waals surface area contributed by atoms with Crippen molar-refractivity contribution in [3.63, 3.8) is 0 Å². The van der Waals surface area contributed by atoms with Crippen LogP contribution in [-0.4, -0.2) is 15.0 Å². The van der Waals surface area contributed by atoms with Crippen molar-refractivity contribution in [2.75, 3.05) is 4.90 Å². The van der Waals surface area contributed by atoms with Crippen LogP contribution in [0, 0.1) is 20.8 Å². The van der Waals surface area contributed by atoms with Crippen molar-refractivity contribution in [2.45, 2.75) is 47.0 Å². The molecule has 2 heterocycles. The molecule has 0 unspecified atom stereocenters. The maximum absolute atomic E-state index is 6.52. The molecule has 0 atom stereocenters. The molecule has 2 nitrogen and oxygen atoms in total. The summed E-state index contributed by atoms with van der Waals surface area (Å²) in [5.74, 6) is 0.990. The molecule has 30 heavy (non-hydrogen) atoms. The Morgan fingerprint density at radius 1 is 0.867 bits per heavy atom. The van der Waals surface area contributed by atoms with Crippen LogP contribution in [0.15, 0.2) is 59.0 Å². The van der Waals surface area contributed by atoms with Crippen LogP contribution < -0.4 is 13.8 Å². The standard InChI is InChI=1S/C27H27NOSe/c1-16-11-12-22-20(13-16)25-26(29-22)28(21-9-7-8-10-23(21)30-25)24-17(2)14-19(15-18(24)3)27(4,5)6/h7-15H,1-6H3. The number of nitrogens with zero attached hydrogens (tertiary/aromatic N) is 1. The topological polar surface area (TPSA) is 16.4 Å². The second-order valence-corrected chi connectivity index (χ2v) is 11.6. The zero-order chi connectivity index (χ0) is 21.2. The van der Waals surface area contributed by atoms with Crippen LogP contribution >= 0.6 is 0 Å². The van der Waals surface area contributed by atoms with Crippen LogP contribution in [0.4, 0.5) is 17.3 Å². The average molecular weight is 460 g/mol. The maximum atomic E-state index is 6.52. The Hall–Kier alpha value is -2.48. The number of para-hydroxylation sites is 1. The van der Waals surface area contributed by atoms with Crippen LogP contribution in [0.1, 0.15) is 43.0 Å². The van der Waals surface area contributed by atoms with E-state index < -0.39 is 0 Å². The van der Waals surface area contributed by atoms with E-state index in [9.17, 15) is 0 Å². The zero-order valence-electron chi connectivity index (χ0n) is 18.5. The molecule has 0 saturated heterocycles. The van der Waals surface area contributed by atoms with Gasteiger partial charge in [-0.05, 0) is 0 Å². The Morgan fingerprint density at radius 3 is 2.27 bits per heavy atom. The first kappa shape index (κ1) is 19.5. The summed E-state index contributed by atoms with van der Waals surface area (Å²) in [5, 5.41) is 1.26. The van der Waals surface area contributed by atoms with E-state index in [-0.39, 0.29) is 20.4 Å². The van der Waals surface area contributed by atoms with Gasteiger partial charge < -0.3 is 0 Å². The van der Waals surface area contributed by atoms with Gasteiger partial charge in [0.05, 0.1) is 0 Å². The van der Waals surface area contributed by atoms with Gasteiger partial charge in [-0.1, -0.05) is 0 Å². The van der Waals surface area contributed by atoms with E-state index in [1.54, 1.807) is 0 Å². The molecule has 152 valence electrons. The van der Waals surface area contributed by atoms with Gasteiger partial charge in [-0.2, -0.15) is 0 Å². The predicted octanol–water partition coefficient (Wildman–Crippen LogP) is 6.09. The number of furan rings is 1. The summed E-state index contributed by atoms with van der Waals surface area (Å²) in [7, 11) is 0. The normalized spacial score (nSPS) is 13.5. The molecule has 0 bridgehead atoms. The van der Waals surface area contributed by atoms with E-state index in [0.717, 1.165) is 11.5 Å². The van der Waals surface area contributed by atoms with Crippen molar-refractivity contribution in [2.24, 2.45) is 0 Å². The summed E-state index contributed by atoms with van der Waals surface area (Å²) in [5.41, 5.74) is 8.80. The molecule has 0 spiro atoms. The van der Waals surface area contributed by atoms with Gasteiger partial charge in [0.15, 0.2) is 0 Å². The molecule has 4 aromatic rings. The fraction of sp³-hybridized carbons (Fsp3) is 0.259. The van der Waals surface area contributed by atoms with Crippen LogP contribution in [0.3, 0.4) is 0 Å². The molecule has 1 aliphatic heterocycles. The average Bonchev–Trinajstić information content (AvgIpc) is 3.03. The molecule has 3 heteroatoms. The second-order valence-electron chi connectivity index (χ2n) is 9.35. The first-order chi connectivity index (χ1) is 14.2. The molecule has 0 fully saturated rings. The van der Waals surface area contributed by atoms with E-state index in [0.29, 0.717) is 0 Å². The number of benzene rings is 3. The monoisotopic (exact) mass is 461 g/mol. The molecule has 0 N–H and O–H groups in total. The van der Waals surface area contributed by atoms with Gasteiger partial charge in [0.2, 0.25) is 0 Å². The molecule has 1 aliphatic rings. The van der Waals surface area contributed by atoms with Crippen LogP contribution in [0.5, 0.6) is 0 Å². The first-order valence-electron chi connectivity index (χ1n) is 10.5. The first-order valence-corrected chi connectivity index (χ1v) is 12.2. The molecule has 0 radical (unpaired) electrons. The third-order valence-corrected chi connectivity index (χ3v) is 8.32. The van der Waals surface area contributed by atoms with Gasteiger partial charge in [0, 0.05) is 0 Å². The molecular formula is C27H27NOSe. The Labute approximate surface area is 185 Å². The van der Waals surface area contributed by atoms with Gasteiger partial charge in [0.1, 0.15) is 0 Å². The molecule has 3 aromatic carbocycles. The van der Waals surface area contributed by atoms with Crippen molar-refractivity contribution in [3.05, 3.63) is 76.9 Å². The van der Waals surface area contributed by atoms with Crippen molar-refractivity contribution >= 4 is 52.1 Å². The minimum absolute atomic E-state index is 0.124. The molecular weight excluding hydrogens is 433 g/mol. The van der Waals surface area contributed by atoms with Gasteiger partial charge in [0.25, 0.3) is 0 Å². The minimum atomic E-state index is 0.124. The molecule has 0 aliphatic carbocycles. The summed E-state index contributed by atoms with van der Waals surface area (Å²) in [6, 6.07) is 20.0. The summed E-state index contributed by atoms with van der Waals surface area (Å²) in [4.78, 5) is 2.36. The van der Waals surface area contributed by atoms with Crippen molar-refractivity contribution < 1.29 is 4.42 Å². The number of anilines is 3. The molecule has 0 saturated carbocycles. The van der Waals surface area contributed by atoms with E-state index in [1.165, 1.54) is 47.9 Å². The van der Waals surface area contributed by atoms with E-state index in [2.05, 4.69) is 101 Å². The summed E-state index contributed by atoms with van der Waals surface area (Å²) in [6.07, 6.45) is 0. The third kappa shape index (κ3) is 3.00. The van der Waals surface area contributed by atoms with Crippen molar-refractivity contribution in [1.82, 2.24) is 0 Å². The Kier molecular flexibility index (Phi) is 4.39. The van der Waals surface area contributed by atoms with Crippen molar-refractivity contribution in [3.8, 4) is 0 Å². The molecule has 5 rings (SSSR count). The SMILES string of the molecule is Cc1ccc2oc3c(c2c1)[Se]c1ccccc1N3c1c(C)cc(C(C)(C)C)cc1C. The van der Waals surface area contributed by atoms with Crippen LogP contribution in [0.25, 0.3) is 11.0 Å². The van der Waals surface area contributed by atoms with E-state index in [4.69, 9.17) is 4.42 Å². The molecule has 1 aromatic heterocycles. The van der Waals surface area contributed by atoms with E-state index >= 15 is 0 Å². The quantitative estimate of drug-likeness (QED) is 0.281. The summed E-state index contributed by atoms with van der Waals surface area (Å²) >= 11 is 0.217. The van der Waals surface area contributed by atoms with Gasteiger partial charge in [-0.3, -0.25) is 0 Å². The van der Waals surface area contributed by atoms with Crippen molar-refractivity contribution in [1.29, 1.82) is 0 Å². The predicted molar refractivity (Wildman–Crippen MR) is 129 cm³/mol. The Balaban J connectivity index is 1.80. The number of fused-ring (bicyclic) bond motifs is 4. The van der Waals surface area contributed by atoms with Gasteiger partial charge in [-0.15, -0.1) is 0 Å². The Morgan fingerprint density at radius 2 is 1.57 bits per heavy atom. The molecule has 0 amide bonds. The van der Waals surface area contributed by atoms with Crippen LogP contribution in [0.2, 0.25) is 0 Å². The second kappa shape index (κ2) is 6.77.